The van der Waals surface area contributed by atoms with E-state index in [2.05, 4.69) is 5.32 Å². The molecule has 120 valence electrons. The van der Waals surface area contributed by atoms with Crippen LogP contribution in [0.5, 0.6) is 5.75 Å². The van der Waals surface area contributed by atoms with Crippen LogP contribution < -0.4 is 5.32 Å². The Morgan fingerprint density at radius 2 is 1.75 bits per heavy atom. The summed E-state index contributed by atoms with van der Waals surface area (Å²) >= 11 is 0. The molecule has 3 rings (SSSR count). The van der Waals surface area contributed by atoms with Gasteiger partial charge in [-0.25, -0.2) is 0 Å². The van der Waals surface area contributed by atoms with Crippen LogP contribution in [0.1, 0.15) is 15.9 Å². The molecule has 2 N–H and O–H groups in total. The van der Waals surface area contributed by atoms with Crippen molar-refractivity contribution in [1.29, 1.82) is 0 Å². The molecule has 0 aliphatic rings. The molecule has 0 saturated heterocycles. The second-order valence-corrected chi connectivity index (χ2v) is 5.45. The maximum absolute atomic E-state index is 12.4. The van der Waals surface area contributed by atoms with Crippen LogP contribution in [-0.2, 0) is 0 Å². The highest BCUT2D eigenvalue weighted by atomic mass is 16.6. The van der Waals surface area contributed by atoms with Crippen molar-refractivity contribution >= 4 is 28.1 Å². The number of fused-ring (bicyclic) bond motifs is 1. The minimum Gasteiger partial charge on any atom is -0.507 e. The lowest BCUT2D eigenvalue weighted by molar-refractivity contribution is -0.384. The number of hydrogen-bond acceptors (Lipinski definition) is 4. The Hall–Kier alpha value is -3.41. The van der Waals surface area contributed by atoms with Gasteiger partial charge < -0.3 is 10.4 Å². The quantitative estimate of drug-likeness (QED) is 0.563. The van der Waals surface area contributed by atoms with Crippen LogP contribution in [0.15, 0.2) is 54.6 Å². The summed E-state index contributed by atoms with van der Waals surface area (Å²) < 4.78 is 0. The molecule has 0 atom stereocenters. The van der Waals surface area contributed by atoms with Gasteiger partial charge in [-0.1, -0.05) is 30.3 Å². The number of hydrogen-bond donors (Lipinski definition) is 2. The van der Waals surface area contributed by atoms with Crippen LogP contribution in [0.25, 0.3) is 10.8 Å². The number of phenols is 1. The monoisotopic (exact) mass is 322 g/mol. The Bertz CT molecular complexity index is 966. The van der Waals surface area contributed by atoms with Gasteiger partial charge in [0, 0.05) is 6.07 Å². The summed E-state index contributed by atoms with van der Waals surface area (Å²) in [6, 6.07) is 14.9. The molecular weight excluding hydrogens is 308 g/mol. The van der Waals surface area contributed by atoms with Gasteiger partial charge >= 0.3 is 0 Å². The molecule has 0 aliphatic carbocycles. The van der Waals surface area contributed by atoms with E-state index >= 15 is 0 Å². The second-order valence-electron chi connectivity index (χ2n) is 5.45. The predicted molar refractivity (Wildman–Crippen MR) is 91.4 cm³/mol. The van der Waals surface area contributed by atoms with E-state index in [-0.39, 0.29) is 22.7 Å². The Kier molecular flexibility index (Phi) is 3.87. The summed E-state index contributed by atoms with van der Waals surface area (Å²) in [7, 11) is 0. The molecule has 24 heavy (non-hydrogen) atoms. The molecule has 0 unspecified atom stereocenters. The molecule has 3 aromatic carbocycles. The van der Waals surface area contributed by atoms with Crippen molar-refractivity contribution < 1.29 is 14.8 Å². The molecule has 0 aliphatic heterocycles. The molecule has 0 spiro atoms. The summed E-state index contributed by atoms with van der Waals surface area (Å²) in [4.78, 5) is 23.0. The molecule has 0 saturated carbocycles. The van der Waals surface area contributed by atoms with E-state index in [1.165, 1.54) is 18.2 Å². The Labute approximate surface area is 137 Å². The largest absolute Gasteiger partial charge is 0.507 e. The van der Waals surface area contributed by atoms with Gasteiger partial charge in [0.05, 0.1) is 10.5 Å². The number of nitrogens with one attached hydrogen (secondary N) is 1. The third-order valence-corrected chi connectivity index (χ3v) is 3.71. The van der Waals surface area contributed by atoms with Gasteiger partial charge in [0.25, 0.3) is 11.6 Å². The van der Waals surface area contributed by atoms with Crippen molar-refractivity contribution in [2.24, 2.45) is 0 Å². The minimum absolute atomic E-state index is 0.0589. The lowest BCUT2D eigenvalue weighted by Gasteiger charge is -2.09. The topological polar surface area (TPSA) is 92.5 Å². The summed E-state index contributed by atoms with van der Waals surface area (Å²) in [5.41, 5.74) is 0.670. The average molecular weight is 322 g/mol. The molecule has 6 nitrogen and oxygen atoms in total. The normalized spacial score (nSPS) is 10.5. The van der Waals surface area contributed by atoms with Gasteiger partial charge in [0.2, 0.25) is 0 Å². The van der Waals surface area contributed by atoms with Crippen molar-refractivity contribution in [3.8, 4) is 5.75 Å². The van der Waals surface area contributed by atoms with Gasteiger partial charge in [-0.05, 0) is 41.5 Å². The van der Waals surface area contributed by atoms with E-state index in [1.807, 2.05) is 24.3 Å². The summed E-state index contributed by atoms with van der Waals surface area (Å²) in [5, 5.41) is 25.3. The SMILES string of the molecule is Cc1ccc(NC(=O)c2cc3ccccc3cc2O)c([N+](=O)[O-])c1. The third-order valence-electron chi connectivity index (χ3n) is 3.71. The number of nitro benzene ring substituents is 1. The highest BCUT2D eigenvalue weighted by molar-refractivity contribution is 6.09. The first-order chi connectivity index (χ1) is 11.5. The Morgan fingerprint density at radius 1 is 1.08 bits per heavy atom. The van der Waals surface area contributed by atoms with Crippen molar-refractivity contribution in [2.45, 2.75) is 6.92 Å². The van der Waals surface area contributed by atoms with E-state index in [0.717, 1.165) is 10.8 Å². The number of carbonyl (C=O) groups is 1. The number of nitrogens with zero attached hydrogens (tertiary/aromatic N) is 1. The number of rotatable bonds is 3. The number of phenolic OH excluding ortho intramolecular Hbond substituents is 1. The van der Waals surface area contributed by atoms with Crippen LogP contribution >= 0.6 is 0 Å². The van der Waals surface area contributed by atoms with Crippen molar-refractivity contribution in [3.05, 3.63) is 75.8 Å². The predicted octanol–water partition coefficient (Wildman–Crippen LogP) is 4.01. The summed E-state index contributed by atoms with van der Waals surface area (Å²) in [5.74, 6) is -0.786. The fourth-order valence-corrected chi connectivity index (χ4v) is 2.50. The average Bonchev–Trinajstić information content (AvgIpc) is 2.55. The smallest absolute Gasteiger partial charge is 0.293 e. The molecule has 0 aromatic heterocycles. The molecule has 0 bridgehead atoms. The molecule has 6 heteroatoms. The van der Waals surface area contributed by atoms with Crippen LogP contribution in [0.4, 0.5) is 11.4 Å². The number of aryl methyl sites for hydroxylation is 1. The van der Waals surface area contributed by atoms with Gasteiger partial charge in [0.15, 0.2) is 0 Å². The molecular formula is C18H14N2O4. The van der Waals surface area contributed by atoms with Crippen molar-refractivity contribution in [2.75, 3.05) is 5.32 Å². The molecule has 0 radical (unpaired) electrons. The minimum atomic E-state index is -0.606. The van der Waals surface area contributed by atoms with E-state index in [0.29, 0.717) is 5.56 Å². The number of anilines is 1. The standard InChI is InChI=1S/C18H14N2O4/c1-11-6-7-15(16(8-11)20(23)24)19-18(22)14-9-12-4-2-3-5-13(12)10-17(14)21/h2-10,21H,1H3,(H,19,22). The van der Waals surface area contributed by atoms with Crippen LogP contribution in [0.3, 0.4) is 0 Å². The van der Waals surface area contributed by atoms with Crippen molar-refractivity contribution in [3.63, 3.8) is 0 Å². The van der Waals surface area contributed by atoms with E-state index in [9.17, 15) is 20.0 Å². The number of aromatic hydroxyl groups is 1. The lowest BCUT2D eigenvalue weighted by Crippen LogP contribution is -2.13. The fourth-order valence-electron chi connectivity index (χ4n) is 2.50. The number of carbonyl (C=O) groups excluding carboxylic acids is 1. The number of nitro groups is 1. The third kappa shape index (κ3) is 2.89. The summed E-state index contributed by atoms with van der Waals surface area (Å²) in [6.45, 7) is 1.73. The van der Waals surface area contributed by atoms with Crippen molar-refractivity contribution in [1.82, 2.24) is 0 Å². The highest BCUT2D eigenvalue weighted by Gasteiger charge is 2.19. The maximum atomic E-state index is 12.4. The highest BCUT2D eigenvalue weighted by Crippen LogP contribution is 2.29. The van der Waals surface area contributed by atoms with Crippen LogP contribution in [-0.4, -0.2) is 15.9 Å². The first-order valence-electron chi connectivity index (χ1n) is 7.24. The van der Waals surface area contributed by atoms with E-state index in [4.69, 9.17) is 0 Å². The zero-order valence-corrected chi connectivity index (χ0v) is 12.8. The first kappa shape index (κ1) is 15.5. The maximum Gasteiger partial charge on any atom is 0.293 e. The number of amides is 1. The van der Waals surface area contributed by atoms with Gasteiger partial charge in [0.1, 0.15) is 11.4 Å². The van der Waals surface area contributed by atoms with Crippen LogP contribution in [0.2, 0.25) is 0 Å². The number of benzene rings is 3. The molecule has 1 amide bonds. The fraction of sp³-hybridized carbons (Fsp3) is 0.0556. The van der Waals surface area contributed by atoms with E-state index < -0.39 is 10.8 Å². The summed E-state index contributed by atoms with van der Waals surface area (Å²) in [6.07, 6.45) is 0. The van der Waals surface area contributed by atoms with Gasteiger partial charge in [-0.15, -0.1) is 0 Å². The van der Waals surface area contributed by atoms with E-state index in [1.54, 1.807) is 19.1 Å². The second kappa shape index (κ2) is 6.00. The van der Waals surface area contributed by atoms with Gasteiger partial charge in [-0.3, -0.25) is 14.9 Å². The first-order valence-corrected chi connectivity index (χ1v) is 7.24. The lowest BCUT2D eigenvalue weighted by atomic mass is 10.1. The molecule has 0 fully saturated rings. The Morgan fingerprint density at radius 3 is 2.42 bits per heavy atom. The van der Waals surface area contributed by atoms with Crippen LogP contribution in [0, 0.1) is 17.0 Å². The molecule has 0 heterocycles. The van der Waals surface area contributed by atoms with Gasteiger partial charge in [-0.2, -0.15) is 0 Å². The zero-order valence-electron chi connectivity index (χ0n) is 12.8. The zero-order chi connectivity index (χ0) is 17.3. The molecule has 3 aromatic rings. The Balaban J connectivity index is 1.99.